The third-order valence-electron chi connectivity index (χ3n) is 5.75. The highest BCUT2D eigenvalue weighted by atomic mass is 14.7. The molecule has 0 heterocycles. The molecule has 4 heteroatoms. The van der Waals surface area contributed by atoms with Gasteiger partial charge < -0.3 is 0 Å². The predicted molar refractivity (Wildman–Crippen MR) is 69.0 cm³/mol. The molecule has 4 aliphatic rings. The molecule has 98 valence electrons. The molecule has 0 N–H and O–H groups in total. The Labute approximate surface area is 118 Å². The summed E-state index contributed by atoms with van der Waals surface area (Å²) in [6, 6.07) is 8.41. The summed E-state index contributed by atoms with van der Waals surface area (Å²) in [5.74, 6) is -0.285. The molecule has 2 fully saturated rings. The van der Waals surface area contributed by atoms with Gasteiger partial charge in [-0.15, -0.1) is 0 Å². The average Bonchev–Trinajstić information content (AvgIpc) is 2.52. The molecule has 0 aliphatic heterocycles. The first-order valence-electron chi connectivity index (χ1n) is 7.02. The van der Waals surface area contributed by atoms with Gasteiger partial charge in [0.2, 0.25) is 0 Å². The minimum absolute atomic E-state index is 0.285. The molecule has 0 aromatic carbocycles. The van der Waals surface area contributed by atoms with Crippen molar-refractivity contribution in [3.63, 3.8) is 0 Å². The summed E-state index contributed by atoms with van der Waals surface area (Å²) in [4.78, 5) is 0. The van der Waals surface area contributed by atoms with Crippen molar-refractivity contribution in [3.8, 4) is 24.3 Å². The van der Waals surface area contributed by atoms with E-state index in [1.54, 1.807) is 0 Å². The van der Waals surface area contributed by atoms with E-state index in [0.29, 0.717) is 0 Å². The van der Waals surface area contributed by atoms with Crippen molar-refractivity contribution >= 4 is 0 Å². The van der Waals surface area contributed by atoms with Crippen LogP contribution in [0.3, 0.4) is 0 Å². The maximum absolute atomic E-state index is 9.79. The number of hydrogen-bond acceptors (Lipinski definition) is 4. The van der Waals surface area contributed by atoms with Crippen molar-refractivity contribution < 1.29 is 0 Å². The van der Waals surface area contributed by atoms with E-state index in [1.165, 1.54) is 0 Å². The number of allylic oxidation sites excluding steroid dienone is 2. The Morgan fingerprint density at radius 1 is 0.950 bits per heavy atom. The molecule has 0 saturated heterocycles. The van der Waals surface area contributed by atoms with Crippen molar-refractivity contribution in [1.29, 1.82) is 21.0 Å². The smallest absolute Gasteiger partial charge is 0.185 e. The monoisotopic (exact) mass is 262 g/mol. The Morgan fingerprint density at radius 3 is 2.25 bits per heavy atom. The van der Waals surface area contributed by atoms with E-state index in [0.717, 1.165) is 44.1 Å². The minimum Gasteiger partial charge on any atom is -0.196 e. The first-order valence-corrected chi connectivity index (χ1v) is 7.02. The largest absolute Gasteiger partial charge is 0.196 e. The minimum atomic E-state index is -1.52. The lowest BCUT2D eigenvalue weighted by atomic mass is 9.36. The molecular weight excluding hydrogens is 248 g/mol. The summed E-state index contributed by atoms with van der Waals surface area (Å²) in [5, 5.41) is 38.9. The van der Waals surface area contributed by atoms with Gasteiger partial charge in [-0.3, -0.25) is 0 Å². The van der Waals surface area contributed by atoms with Crippen LogP contribution in [-0.4, -0.2) is 0 Å². The molecule has 4 nitrogen and oxygen atoms in total. The van der Waals surface area contributed by atoms with Gasteiger partial charge in [0, 0.05) is 11.3 Å². The van der Waals surface area contributed by atoms with E-state index in [9.17, 15) is 21.0 Å². The van der Waals surface area contributed by atoms with Gasteiger partial charge >= 0.3 is 0 Å². The van der Waals surface area contributed by atoms with Crippen LogP contribution in [0.5, 0.6) is 0 Å². The van der Waals surface area contributed by atoms with Gasteiger partial charge in [0.15, 0.2) is 10.8 Å². The molecule has 0 aromatic rings. The van der Waals surface area contributed by atoms with E-state index in [4.69, 9.17) is 0 Å². The molecule has 1 spiro atoms. The number of nitrogens with zero attached hydrogens (tertiary/aromatic N) is 4. The number of hydrogen-bond donors (Lipinski definition) is 0. The molecule has 4 aliphatic carbocycles. The fraction of sp³-hybridized carbons (Fsp3) is 0.625. The van der Waals surface area contributed by atoms with E-state index >= 15 is 0 Å². The normalized spacial score (nSPS) is 35.4. The van der Waals surface area contributed by atoms with Gasteiger partial charge in [-0.25, -0.2) is 0 Å². The lowest BCUT2D eigenvalue weighted by Crippen LogP contribution is -2.62. The van der Waals surface area contributed by atoms with Crippen LogP contribution in [0.15, 0.2) is 11.6 Å². The van der Waals surface area contributed by atoms with Crippen molar-refractivity contribution in [1.82, 2.24) is 0 Å². The van der Waals surface area contributed by atoms with E-state index < -0.39 is 16.2 Å². The van der Waals surface area contributed by atoms with Gasteiger partial charge in [-0.05, 0) is 32.1 Å². The molecule has 0 radical (unpaired) electrons. The SMILES string of the molecule is N#CC1(C#N)C2C=C3CCCCC3(CC2)C1(C#N)C#N. The number of rotatable bonds is 0. The highest BCUT2D eigenvalue weighted by molar-refractivity contribution is 5.50. The Morgan fingerprint density at radius 2 is 1.65 bits per heavy atom. The predicted octanol–water partition coefficient (Wildman–Crippen LogP) is 2.96. The zero-order chi connectivity index (χ0) is 14.4. The quantitative estimate of drug-likeness (QED) is 0.627. The molecule has 20 heavy (non-hydrogen) atoms. The Bertz CT molecular complexity index is 633. The molecule has 2 atom stereocenters. The third-order valence-corrected chi connectivity index (χ3v) is 5.75. The van der Waals surface area contributed by atoms with Crippen molar-refractivity contribution in [3.05, 3.63) is 11.6 Å². The van der Waals surface area contributed by atoms with Crippen LogP contribution >= 0.6 is 0 Å². The molecule has 2 unspecified atom stereocenters. The van der Waals surface area contributed by atoms with E-state index in [2.05, 4.69) is 24.3 Å². The second kappa shape index (κ2) is 3.85. The Hall–Kier alpha value is -2.30. The zero-order valence-corrected chi connectivity index (χ0v) is 11.2. The van der Waals surface area contributed by atoms with Crippen LogP contribution in [-0.2, 0) is 0 Å². The fourth-order valence-corrected chi connectivity index (χ4v) is 4.79. The molecule has 4 rings (SSSR count). The maximum Gasteiger partial charge on any atom is 0.185 e. The maximum atomic E-state index is 9.79. The van der Waals surface area contributed by atoms with Crippen molar-refractivity contribution in [2.24, 2.45) is 22.2 Å². The van der Waals surface area contributed by atoms with Crippen LogP contribution in [0.2, 0.25) is 0 Å². The second-order valence-electron chi connectivity index (χ2n) is 6.13. The number of fused-ring (bicyclic) bond motifs is 2. The average molecular weight is 262 g/mol. The standard InChI is InChI=1S/C16H14N4/c17-8-15(9-18)13-4-6-14(16(15,10-19)11-20)5-2-1-3-12(14)7-13/h7,13H,1-6H2. The Kier molecular flexibility index (Phi) is 2.45. The van der Waals surface area contributed by atoms with Gasteiger partial charge in [-0.1, -0.05) is 18.1 Å². The zero-order valence-electron chi connectivity index (χ0n) is 11.2. The van der Waals surface area contributed by atoms with E-state index in [1.807, 2.05) is 6.08 Å². The van der Waals surface area contributed by atoms with Crippen molar-refractivity contribution in [2.75, 3.05) is 0 Å². The summed E-state index contributed by atoms with van der Waals surface area (Å²) in [6.45, 7) is 0. The molecule has 0 amide bonds. The Balaban J connectivity index is 2.38. The summed E-state index contributed by atoms with van der Waals surface area (Å²) >= 11 is 0. The highest BCUT2D eigenvalue weighted by Crippen LogP contribution is 2.71. The lowest BCUT2D eigenvalue weighted by molar-refractivity contribution is -0.0221. The fourth-order valence-electron chi connectivity index (χ4n) is 4.79. The van der Waals surface area contributed by atoms with Crippen LogP contribution in [0.25, 0.3) is 0 Å². The topological polar surface area (TPSA) is 95.2 Å². The van der Waals surface area contributed by atoms with Crippen LogP contribution in [0.4, 0.5) is 0 Å². The van der Waals surface area contributed by atoms with Crippen LogP contribution in [0.1, 0.15) is 38.5 Å². The van der Waals surface area contributed by atoms with Gasteiger partial charge in [0.1, 0.15) is 0 Å². The van der Waals surface area contributed by atoms with Gasteiger partial charge in [0.05, 0.1) is 24.3 Å². The lowest BCUT2D eigenvalue weighted by Gasteiger charge is -2.60. The number of nitriles is 4. The summed E-state index contributed by atoms with van der Waals surface area (Å²) in [7, 11) is 0. The first kappa shape index (κ1) is 12.7. The molecule has 0 aromatic heterocycles. The summed E-state index contributed by atoms with van der Waals surface area (Å²) < 4.78 is 0. The van der Waals surface area contributed by atoms with Gasteiger partial charge in [0.25, 0.3) is 0 Å². The molecule has 2 saturated carbocycles. The summed E-state index contributed by atoms with van der Waals surface area (Å²) in [5.41, 5.74) is -2.45. The highest BCUT2D eigenvalue weighted by Gasteiger charge is 2.74. The van der Waals surface area contributed by atoms with Crippen LogP contribution < -0.4 is 0 Å². The summed E-state index contributed by atoms with van der Waals surface area (Å²) in [6.07, 6.45) is 7.21. The third kappa shape index (κ3) is 1.02. The molecular formula is C16H14N4. The van der Waals surface area contributed by atoms with Crippen LogP contribution in [0, 0.1) is 67.5 Å². The first-order chi connectivity index (χ1) is 9.66. The second-order valence-corrected chi connectivity index (χ2v) is 6.13. The van der Waals surface area contributed by atoms with E-state index in [-0.39, 0.29) is 5.92 Å². The molecule has 2 bridgehead atoms. The van der Waals surface area contributed by atoms with Gasteiger partial charge in [-0.2, -0.15) is 21.0 Å². The van der Waals surface area contributed by atoms with Crippen molar-refractivity contribution in [2.45, 2.75) is 38.5 Å².